The van der Waals surface area contributed by atoms with Crippen LogP contribution in [0.5, 0.6) is 0 Å². The molecule has 0 aliphatic heterocycles. The lowest BCUT2D eigenvalue weighted by Gasteiger charge is -2.45. The van der Waals surface area contributed by atoms with Gasteiger partial charge in [0.05, 0.1) is 0 Å². The van der Waals surface area contributed by atoms with Crippen molar-refractivity contribution in [2.75, 3.05) is 0 Å². The summed E-state index contributed by atoms with van der Waals surface area (Å²) in [5, 5.41) is 0. The van der Waals surface area contributed by atoms with Gasteiger partial charge in [0, 0.05) is 6.84 Å². The second-order valence-electron chi connectivity index (χ2n) is 6.87. The number of rotatable bonds is 4. The number of hydrogen-bond acceptors (Lipinski definition) is 0. The highest BCUT2D eigenvalue weighted by molar-refractivity contribution is 14.1. The predicted molar refractivity (Wildman–Crippen MR) is 95.4 cm³/mol. The molecular weight excluding hydrogens is 434 g/mol. The van der Waals surface area contributed by atoms with E-state index in [1.807, 2.05) is 0 Å². The highest BCUT2D eigenvalue weighted by Crippen LogP contribution is 2.60. The lowest BCUT2D eigenvalue weighted by Crippen LogP contribution is -2.44. The molecule has 0 aromatic heterocycles. The molecule has 2 heteroatoms. The number of hydrogen-bond donors (Lipinski definition) is 0. The molecule has 17 heavy (non-hydrogen) atoms. The third-order valence-corrected chi connectivity index (χ3v) is 8.14. The maximum atomic E-state index is 2.74. The minimum absolute atomic E-state index is 0.448. The van der Waals surface area contributed by atoms with E-state index < -0.39 is 0 Å². The van der Waals surface area contributed by atoms with E-state index in [1.165, 1.54) is 25.7 Å². The molecule has 0 amide bonds. The van der Waals surface area contributed by atoms with E-state index in [-0.39, 0.29) is 0 Å². The Morgan fingerprint density at radius 3 is 1.94 bits per heavy atom. The van der Waals surface area contributed by atoms with Crippen molar-refractivity contribution in [3.8, 4) is 0 Å². The third kappa shape index (κ3) is 3.32. The van der Waals surface area contributed by atoms with Crippen LogP contribution in [0.15, 0.2) is 0 Å². The smallest absolute Gasteiger partial charge is 0.0228 e. The van der Waals surface area contributed by atoms with Crippen molar-refractivity contribution in [3.05, 3.63) is 0 Å². The third-order valence-electron chi connectivity index (χ3n) is 5.15. The Bertz CT molecular complexity index is 266. The summed E-state index contributed by atoms with van der Waals surface area (Å²) >= 11 is 5.46. The van der Waals surface area contributed by atoms with Crippen molar-refractivity contribution < 1.29 is 0 Å². The van der Waals surface area contributed by atoms with Gasteiger partial charge >= 0.3 is 0 Å². The minimum atomic E-state index is 0.448. The molecule has 1 rings (SSSR count). The lowest BCUT2D eigenvalue weighted by atomic mass is 9.68. The van der Waals surface area contributed by atoms with E-state index in [4.69, 9.17) is 0 Å². The maximum absolute atomic E-state index is 2.74. The molecule has 1 aliphatic carbocycles. The van der Waals surface area contributed by atoms with Crippen LogP contribution in [-0.4, -0.2) is 6.84 Å². The lowest BCUT2D eigenvalue weighted by molar-refractivity contribution is 0.155. The van der Waals surface area contributed by atoms with Crippen molar-refractivity contribution in [2.24, 2.45) is 17.3 Å². The first-order valence-corrected chi connectivity index (χ1v) is 9.12. The van der Waals surface area contributed by atoms with E-state index in [2.05, 4.69) is 86.7 Å². The molecule has 0 aromatic rings. The Morgan fingerprint density at radius 2 is 1.53 bits per heavy atom. The van der Waals surface area contributed by atoms with Gasteiger partial charge in [0.25, 0.3) is 0 Å². The fraction of sp³-hybridized carbons (Fsp3) is 1.00. The first-order chi connectivity index (χ1) is 7.58. The molecule has 0 nitrogen and oxygen atoms in total. The van der Waals surface area contributed by atoms with E-state index in [1.54, 1.807) is 0 Å². The minimum Gasteiger partial charge on any atom is -0.0789 e. The summed E-state index contributed by atoms with van der Waals surface area (Å²) in [7, 11) is 0. The summed E-state index contributed by atoms with van der Waals surface area (Å²) in [6.07, 6.45) is 5.40. The summed E-state index contributed by atoms with van der Waals surface area (Å²) in [5.74, 6) is 1.73. The standard InChI is InChI=1S/C15H28I2/c1-7-14(5,16)11-9-10-13(3,4)12(11)15(6,17)8-2/h11-12H,7-10H2,1-6H3. The Balaban J connectivity index is 3.09. The summed E-state index contributed by atoms with van der Waals surface area (Å²) in [6.45, 7) is 14.6. The quantitative estimate of drug-likeness (QED) is 0.343. The van der Waals surface area contributed by atoms with Gasteiger partial charge in [-0.25, -0.2) is 0 Å². The van der Waals surface area contributed by atoms with E-state index in [9.17, 15) is 0 Å². The first kappa shape index (κ1) is 16.5. The molecule has 0 saturated heterocycles. The fourth-order valence-electron chi connectivity index (χ4n) is 3.76. The topological polar surface area (TPSA) is 0 Å². The van der Waals surface area contributed by atoms with Crippen molar-refractivity contribution >= 4 is 45.2 Å². The van der Waals surface area contributed by atoms with Crippen molar-refractivity contribution in [1.29, 1.82) is 0 Å². The fourth-order valence-corrected chi connectivity index (χ4v) is 5.71. The van der Waals surface area contributed by atoms with Gasteiger partial charge < -0.3 is 0 Å². The molecule has 1 fully saturated rings. The largest absolute Gasteiger partial charge is 0.0789 e. The van der Waals surface area contributed by atoms with Crippen molar-refractivity contribution in [1.82, 2.24) is 0 Å². The number of alkyl halides is 2. The zero-order valence-electron chi connectivity index (χ0n) is 12.2. The maximum Gasteiger partial charge on any atom is 0.0228 e. The normalized spacial score (nSPS) is 35.3. The van der Waals surface area contributed by atoms with Gasteiger partial charge in [-0.1, -0.05) is 86.7 Å². The molecule has 0 heterocycles. The molecule has 0 radical (unpaired) electrons. The monoisotopic (exact) mass is 462 g/mol. The van der Waals surface area contributed by atoms with Crippen LogP contribution in [0, 0.1) is 17.3 Å². The van der Waals surface area contributed by atoms with Crippen LogP contribution < -0.4 is 0 Å². The van der Waals surface area contributed by atoms with Crippen LogP contribution in [0.4, 0.5) is 0 Å². The van der Waals surface area contributed by atoms with E-state index in [0.717, 1.165) is 11.8 Å². The van der Waals surface area contributed by atoms with Crippen LogP contribution in [0.1, 0.15) is 67.2 Å². The Hall–Kier alpha value is 1.46. The molecule has 1 saturated carbocycles. The van der Waals surface area contributed by atoms with Gasteiger partial charge in [0.2, 0.25) is 0 Å². The second-order valence-corrected chi connectivity index (χ2v) is 11.8. The average Bonchev–Trinajstić information content (AvgIpc) is 2.55. The highest BCUT2D eigenvalue weighted by atomic mass is 127. The molecule has 0 bridgehead atoms. The van der Waals surface area contributed by atoms with E-state index in [0.29, 0.717) is 12.3 Å². The van der Waals surface area contributed by atoms with Crippen LogP contribution in [-0.2, 0) is 0 Å². The molecular formula is C15H28I2. The Labute approximate surface area is 135 Å². The van der Waals surface area contributed by atoms with Gasteiger partial charge in [-0.05, 0) is 42.9 Å². The van der Waals surface area contributed by atoms with Gasteiger partial charge in [0.15, 0.2) is 0 Å². The van der Waals surface area contributed by atoms with Gasteiger partial charge in [-0.3, -0.25) is 0 Å². The van der Waals surface area contributed by atoms with Crippen LogP contribution in [0.3, 0.4) is 0 Å². The summed E-state index contributed by atoms with van der Waals surface area (Å²) in [6, 6.07) is 0. The summed E-state index contributed by atoms with van der Waals surface area (Å²) in [5.41, 5.74) is 0.512. The van der Waals surface area contributed by atoms with Crippen LogP contribution >= 0.6 is 45.2 Å². The zero-order valence-corrected chi connectivity index (χ0v) is 16.6. The predicted octanol–water partition coefficient (Wildman–Crippen LogP) is 6.25. The molecule has 0 spiro atoms. The molecule has 4 atom stereocenters. The van der Waals surface area contributed by atoms with Gasteiger partial charge in [-0.15, -0.1) is 0 Å². The van der Waals surface area contributed by atoms with Crippen molar-refractivity contribution in [3.63, 3.8) is 0 Å². The summed E-state index contributed by atoms with van der Waals surface area (Å²) < 4.78 is 0.918. The van der Waals surface area contributed by atoms with Gasteiger partial charge in [0.1, 0.15) is 0 Å². The first-order valence-electron chi connectivity index (χ1n) is 6.96. The SMILES string of the molecule is CCC(C)(I)C1CCC(C)(C)C1C(C)(I)CC. The van der Waals surface area contributed by atoms with Crippen molar-refractivity contribution in [2.45, 2.75) is 74.1 Å². The van der Waals surface area contributed by atoms with E-state index >= 15 is 0 Å². The zero-order chi connectivity index (χ0) is 13.5. The Kier molecular flexibility index (Phi) is 5.29. The van der Waals surface area contributed by atoms with Crippen LogP contribution in [0.25, 0.3) is 0 Å². The Morgan fingerprint density at radius 1 is 1.06 bits per heavy atom. The molecule has 0 N–H and O–H groups in total. The highest BCUT2D eigenvalue weighted by Gasteiger charge is 2.54. The molecule has 0 aromatic carbocycles. The molecule has 4 unspecified atom stereocenters. The second kappa shape index (κ2) is 5.45. The van der Waals surface area contributed by atoms with Gasteiger partial charge in [-0.2, -0.15) is 0 Å². The molecule has 1 aliphatic rings. The van der Waals surface area contributed by atoms with Crippen LogP contribution in [0.2, 0.25) is 0 Å². The summed E-state index contributed by atoms with van der Waals surface area (Å²) in [4.78, 5) is 0. The number of halogens is 2. The molecule has 102 valence electrons. The average molecular weight is 462 g/mol.